The lowest BCUT2D eigenvalue weighted by Crippen LogP contribution is -2.37. The molecular weight excluding hydrogens is 438 g/mol. The largest absolute Gasteiger partial charge is 0.353 e. The molecule has 2 N–H and O–H groups in total. The van der Waals surface area contributed by atoms with Gasteiger partial charge in [0.05, 0.1) is 11.1 Å². The molecule has 0 bridgehead atoms. The minimum absolute atomic E-state index is 0.0965. The first-order chi connectivity index (χ1) is 15.5. The van der Waals surface area contributed by atoms with Gasteiger partial charge in [-0.3, -0.25) is 4.79 Å². The molecule has 0 aliphatic rings. The van der Waals surface area contributed by atoms with Crippen LogP contribution in [0, 0.1) is 5.41 Å². The molecule has 0 fully saturated rings. The summed E-state index contributed by atoms with van der Waals surface area (Å²) in [4.78, 5) is 21.2. The Morgan fingerprint density at radius 3 is 2.62 bits per heavy atom. The summed E-state index contributed by atoms with van der Waals surface area (Å²) in [6, 6.07) is 18.6. The van der Waals surface area contributed by atoms with Crippen LogP contribution in [0.25, 0.3) is 21.6 Å². The molecule has 8 heteroatoms. The molecule has 0 radical (unpaired) electrons. The number of thiazole rings is 1. The number of aromatic amines is 1. The number of amides is 1. The number of nitrogens with one attached hydrogen (secondary N) is 2. The number of fused-ring (bicyclic) bond motifs is 1. The van der Waals surface area contributed by atoms with Gasteiger partial charge in [0.25, 0.3) is 0 Å². The van der Waals surface area contributed by atoms with E-state index in [4.69, 9.17) is 0 Å². The quantitative estimate of drug-likeness (QED) is 0.329. The van der Waals surface area contributed by atoms with E-state index in [1.165, 1.54) is 11.3 Å². The first-order valence-corrected chi connectivity index (χ1v) is 11.9. The monoisotopic (exact) mass is 459 g/mol. The van der Waals surface area contributed by atoms with Crippen LogP contribution in [0.4, 0.5) is 5.13 Å². The Hall–Kier alpha value is -3.36. The lowest BCUT2D eigenvalue weighted by molar-refractivity contribution is -0.124. The van der Waals surface area contributed by atoms with E-state index in [1.807, 2.05) is 43.6 Å². The average Bonchev–Trinajstić information content (AvgIpc) is 3.55. The number of hydrogen-bond acceptors (Lipinski definition) is 6. The van der Waals surface area contributed by atoms with Gasteiger partial charge in [0.1, 0.15) is 10.5 Å². The number of anilines is 1. The van der Waals surface area contributed by atoms with E-state index in [0.717, 1.165) is 32.7 Å². The number of hydrogen-bond donors (Lipinski definition) is 2. The molecule has 1 atom stereocenters. The van der Waals surface area contributed by atoms with Gasteiger partial charge in [-0.25, -0.2) is 4.98 Å². The molecule has 0 aliphatic carbocycles. The molecule has 1 amide bonds. The van der Waals surface area contributed by atoms with E-state index < -0.39 is 5.41 Å². The molecule has 3 aromatic heterocycles. The molecule has 0 spiro atoms. The predicted molar refractivity (Wildman–Crippen MR) is 130 cm³/mol. The van der Waals surface area contributed by atoms with Crippen molar-refractivity contribution in [2.45, 2.75) is 19.8 Å². The van der Waals surface area contributed by atoms with Crippen LogP contribution < -0.4 is 5.32 Å². The van der Waals surface area contributed by atoms with Crippen molar-refractivity contribution in [2.75, 3.05) is 5.32 Å². The van der Waals surface area contributed by atoms with Crippen LogP contribution in [-0.4, -0.2) is 26.1 Å². The highest BCUT2D eigenvalue weighted by Crippen LogP contribution is 2.43. The zero-order valence-electron chi connectivity index (χ0n) is 17.6. The number of benzene rings is 2. The highest BCUT2D eigenvalue weighted by atomic mass is 32.1. The zero-order valence-corrected chi connectivity index (χ0v) is 19.2. The summed E-state index contributed by atoms with van der Waals surface area (Å²) in [6.45, 7) is 3.95. The van der Waals surface area contributed by atoms with Crippen molar-refractivity contribution in [3.63, 3.8) is 0 Å². The Kier molecular flexibility index (Phi) is 5.32. The third-order valence-electron chi connectivity index (χ3n) is 5.66. The highest BCUT2D eigenvalue weighted by Gasteiger charge is 2.39. The van der Waals surface area contributed by atoms with Crippen LogP contribution in [0.1, 0.15) is 30.9 Å². The molecule has 5 rings (SSSR count). The van der Waals surface area contributed by atoms with E-state index in [0.29, 0.717) is 5.13 Å². The molecule has 160 valence electrons. The van der Waals surface area contributed by atoms with Crippen molar-refractivity contribution in [3.8, 4) is 10.7 Å². The Bertz CT molecular complexity index is 1340. The van der Waals surface area contributed by atoms with Gasteiger partial charge in [0, 0.05) is 28.4 Å². The SMILES string of the molecule is CC(C)(C(=O)Nc1nncs1)C(c1ccccc1)c1ccc2[nH]c(-c3nccs3)cc2c1. The molecule has 6 nitrogen and oxygen atoms in total. The first kappa shape index (κ1) is 20.5. The Labute approximate surface area is 193 Å². The van der Waals surface area contributed by atoms with Crippen molar-refractivity contribution in [2.24, 2.45) is 5.41 Å². The first-order valence-electron chi connectivity index (χ1n) is 10.2. The van der Waals surface area contributed by atoms with Crippen molar-refractivity contribution in [3.05, 3.63) is 82.8 Å². The topological polar surface area (TPSA) is 83.6 Å². The second kappa shape index (κ2) is 8.29. The number of H-pyrrole nitrogens is 1. The maximum Gasteiger partial charge on any atom is 0.232 e. The third kappa shape index (κ3) is 3.83. The lowest BCUT2D eigenvalue weighted by Gasteiger charge is -2.33. The molecule has 3 heterocycles. The van der Waals surface area contributed by atoms with Gasteiger partial charge in [-0.05, 0) is 29.3 Å². The van der Waals surface area contributed by atoms with E-state index >= 15 is 0 Å². The molecule has 0 saturated heterocycles. The zero-order chi connectivity index (χ0) is 22.1. The summed E-state index contributed by atoms with van der Waals surface area (Å²) >= 11 is 2.91. The number of nitrogens with zero attached hydrogens (tertiary/aromatic N) is 3. The minimum Gasteiger partial charge on any atom is -0.353 e. The van der Waals surface area contributed by atoms with Crippen molar-refractivity contribution >= 4 is 44.6 Å². The van der Waals surface area contributed by atoms with Gasteiger partial charge in [0.15, 0.2) is 0 Å². The smallest absolute Gasteiger partial charge is 0.232 e. The normalized spacial score (nSPS) is 12.7. The molecule has 2 aromatic carbocycles. The standard InChI is InChI=1S/C24H21N5OS2/c1-24(2,22(30)28-23-29-26-14-32-23)20(15-6-4-3-5-7-15)16-8-9-18-17(12-16)13-19(27-18)21-25-10-11-31-21/h3-14,20,27H,1-2H3,(H,28,29,30). The summed E-state index contributed by atoms with van der Waals surface area (Å²) in [7, 11) is 0. The van der Waals surface area contributed by atoms with Gasteiger partial charge in [-0.1, -0.05) is 61.6 Å². The maximum absolute atomic E-state index is 13.4. The van der Waals surface area contributed by atoms with Crippen molar-refractivity contribution < 1.29 is 4.79 Å². The lowest BCUT2D eigenvalue weighted by atomic mass is 9.70. The predicted octanol–water partition coefficient (Wildman–Crippen LogP) is 5.94. The average molecular weight is 460 g/mol. The third-order valence-corrected chi connectivity index (χ3v) is 7.07. The van der Waals surface area contributed by atoms with Crippen LogP contribution in [0.5, 0.6) is 0 Å². The van der Waals surface area contributed by atoms with Crippen molar-refractivity contribution in [1.29, 1.82) is 0 Å². The van der Waals surface area contributed by atoms with E-state index in [9.17, 15) is 4.79 Å². The molecule has 5 aromatic rings. The molecule has 0 aliphatic heterocycles. The maximum atomic E-state index is 13.4. The van der Waals surface area contributed by atoms with Crippen LogP contribution in [-0.2, 0) is 4.79 Å². The highest BCUT2D eigenvalue weighted by molar-refractivity contribution is 7.13. The summed E-state index contributed by atoms with van der Waals surface area (Å²) in [6.07, 6.45) is 1.81. The van der Waals surface area contributed by atoms with Gasteiger partial charge in [-0.15, -0.1) is 21.5 Å². The van der Waals surface area contributed by atoms with E-state index in [1.54, 1.807) is 16.8 Å². The minimum atomic E-state index is -0.741. The summed E-state index contributed by atoms with van der Waals surface area (Å²) in [5, 5.41) is 15.2. The Balaban J connectivity index is 1.57. The van der Waals surface area contributed by atoms with Gasteiger partial charge in [0.2, 0.25) is 11.0 Å². The summed E-state index contributed by atoms with van der Waals surface area (Å²) < 4.78 is 0. The second-order valence-corrected chi connectivity index (χ2v) is 9.86. The Morgan fingerprint density at radius 2 is 1.91 bits per heavy atom. The van der Waals surface area contributed by atoms with Crippen LogP contribution in [0.15, 0.2) is 71.7 Å². The number of aromatic nitrogens is 4. The molecule has 32 heavy (non-hydrogen) atoms. The van der Waals surface area contributed by atoms with Crippen LogP contribution in [0.2, 0.25) is 0 Å². The van der Waals surface area contributed by atoms with Gasteiger partial charge < -0.3 is 10.3 Å². The fourth-order valence-electron chi connectivity index (χ4n) is 4.09. The molecule has 0 saturated carbocycles. The molecule has 1 unspecified atom stereocenters. The van der Waals surface area contributed by atoms with Crippen LogP contribution >= 0.6 is 22.7 Å². The second-order valence-electron chi connectivity index (χ2n) is 8.13. The molecular formula is C24H21N5OS2. The number of rotatable bonds is 6. The number of carbonyl (C=O) groups is 1. The number of carbonyl (C=O) groups excluding carboxylic acids is 1. The van der Waals surface area contributed by atoms with E-state index in [-0.39, 0.29) is 11.8 Å². The summed E-state index contributed by atoms with van der Waals surface area (Å²) in [5.41, 5.74) is 5.07. The van der Waals surface area contributed by atoms with Gasteiger partial charge >= 0.3 is 0 Å². The fraction of sp³-hybridized carbons (Fsp3) is 0.167. The Morgan fingerprint density at radius 1 is 1.06 bits per heavy atom. The van der Waals surface area contributed by atoms with Gasteiger partial charge in [-0.2, -0.15) is 0 Å². The van der Waals surface area contributed by atoms with Crippen molar-refractivity contribution in [1.82, 2.24) is 20.2 Å². The van der Waals surface area contributed by atoms with Crippen LogP contribution in [0.3, 0.4) is 0 Å². The summed E-state index contributed by atoms with van der Waals surface area (Å²) in [5.74, 6) is -0.250. The fourth-order valence-corrected chi connectivity index (χ4v) is 5.14. The van der Waals surface area contributed by atoms with E-state index in [2.05, 4.69) is 61.9 Å².